The van der Waals surface area contributed by atoms with E-state index in [1.54, 1.807) is 0 Å². The van der Waals surface area contributed by atoms with E-state index in [0.717, 1.165) is 28.8 Å². The van der Waals surface area contributed by atoms with E-state index in [4.69, 9.17) is 10.3 Å². The molecule has 1 aliphatic heterocycles. The fourth-order valence-electron chi connectivity index (χ4n) is 9.61. The molecule has 0 saturated carbocycles. The molecule has 2 heterocycles. The summed E-state index contributed by atoms with van der Waals surface area (Å²) in [6, 6.07) is 66.6. The summed E-state index contributed by atoms with van der Waals surface area (Å²) in [6.45, 7) is 4.53. The summed E-state index contributed by atoms with van der Waals surface area (Å²) in [6.07, 6.45) is 0.841. The van der Waals surface area contributed by atoms with Gasteiger partial charge in [-0.3, -0.25) is 0 Å². The van der Waals surface area contributed by atoms with Gasteiger partial charge < -0.3 is 0 Å². The number of hydrogen-bond donors (Lipinski definition) is 1. The summed E-state index contributed by atoms with van der Waals surface area (Å²) in [4.78, 5) is 0. The average Bonchev–Trinajstić information content (AvgIpc) is 3.85. The van der Waals surface area contributed by atoms with Gasteiger partial charge in [-0.05, 0) is 0 Å². The third-order valence-electron chi connectivity index (χ3n) is 12.4. The van der Waals surface area contributed by atoms with Crippen LogP contribution in [0.2, 0.25) is 0 Å². The summed E-state index contributed by atoms with van der Waals surface area (Å²) in [5.41, 5.74) is 22.0. The predicted molar refractivity (Wildman–Crippen MR) is 242 cm³/mol. The molecule has 0 atom stereocenters. The third-order valence-corrected chi connectivity index (χ3v) is 14.7. The van der Waals surface area contributed by atoms with Crippen LogP contribution >= 0.6 is 0 Å². The van der Waals surface area contributed by atoms with Crippen LogP contribution in [-0.4, -0.2) is 14.5 Å². The number of nitrogens with one attached hydrogen (secondary N) is 1. The van der Waals surface area contributed by atoms with Crippen molar-refractivity contribution in [2.75, 3.05) is 0 Å². The van der Waals surface area contributed by atoms with Crippen LogP contribution in [0.4, 0.5) is 0 Å². The van der Waals surface area contributed by atoms with Crippen LogP contribution in [0.15, 0.2) is 192 Å². The Morgan fingerprint density at radius 3 is 1.90 bits per heavy atom. The van der Waals surface area contributed by atoms with Crippen LogP contribution in [0.5, 0.6) is 0 Å². The summed E-state index contributed by atoms with van der Waals surface area (Å²) in [7, 11) is 0. The molecule has 4 heteroatoms. The zero-order valence-electron chi connectivity index (χ0n) is 32.3. The SMILES string of the molecule is Cc1cc2c(c(C3=C(c4c(-c5ccccc5-c5ccccc5)ccc5[se]c6ccccc6c45)C(c4ccccc4)(c4ccccc4)NN=N3)c1C)Cc1ccccc1-2. The van der Waals surface area contributed by atoms with E-state index in [9.17, 15) is 0 Å². The molecule has 0 unspecified atom stereocenters. The standard InChI is InChI=1S/C54H39N3Se/c1-34-32-45-41-26-13-12-20-37(41)33-46(45)49(35(34)2)53-52(54(56-57-55-53,38-21-8-4-9-22-38)39-23-10-5-11-24-39)51-43(30-31-48-50(51)44-28-16-17-29-47(44)58-48)42-27-15-14-25-40(42)36-18-6-3-7-19-36/h3-32H,33H2,1-2H3,(H,55,56). The molecule has 0 radical (unpaired) electrons. The Balaban J connectivity index is 1.38. The molecule has 276 valence electrons. The molecule has 0 amide bonds. The van der Waals surface area contributed by atoms with Crippen LogP contribution in [-0.2, 0) is 12.0 Å². The molecular formula is C54H39N3Se. The Morgan fingerprint density at radius 1 is 0.534 bits per heavy atom. The first-order valence-corrected chi connectivity index (χ1v) is 21.7. The molecule has 0 saturated heterocycles. The van der Waals surface area contributed by atoms with E-state index in [2.05, 4.69) is 201 Å². The van der Waals surface area contributed by atoms with Crippen molar-refractivity contribution in [3.8, 4) is 33.4 Å². The third kappa shape index (κ3) is 5.26. The first kappa shape index (κ1) is 34.7. The van der Waals surface area contributed by atoms with Gasteiger partial charge in [0.1, 0.15) is 0 Å². The molecular weight excluding hydrogens is 770 g/mol. The molecule has 9 aromatic rings. The van der Waals surface area contributed by atoms with Gasteiger partial charge in [-0.15, -0.1) is 0 Å². The van der Waals surface area contributed by atoms with Crippen molar-refractivity contribution in [1.82, 2.24) is 5.43 Å². The van der Waals surface area contributed by atoms with E-state index in [-0.39, 0.29) is 14.5 Å². The number of benzene rings is 8. The zero-order chi connectivity index (χ0) is 38.8. The molecule has 11 rings (SSSR count). The Labute approximate surface area is 344 Å². The second-order valence-electron chi connectivity index (χ2n) is 15.4. The van der Waals surface area contributed by atoms with Crippen LogP contribution in [0, 0.1) is 13.8 Å². The Bertz CT molecular complexity index is 3080. The Morgan fingerprint density at radius 2 is 1.16 bits per heavy atom. The van der Waals surface area contributed by atoms with Gasteiger partial charge in [0, 0.05) is 0 Å². The molecule has 2 aliphatic rings. The molecule has 0 spiro atoms. The van der Waals surface area contributed by atoms with E-state index in [0.29, 0.717) is 0 Å². The maximum absolute atomic E-state index is 5.34. The van der Waals surface area contributed by atoms with Crippen LogP contribution in [0.3, 0.4) is 0 Å². The van der Waals surface area contributed by atoms with Gasteiger partial charge in [-0.25, -0.2) is 0 Å². The number of rotatable bonds is 6. The van der Waals surface area contributed by atoms with Crippen molar-refractivity contribution in [1.29, 1.82) is 0 Å². The monoisotopic (exact) mass is 809 g/mol. The van der Waals surface area contributed by atoms with Crippen LogP contribution in [0.25, 0.3) is 63.9 Å². The van der Waals surface area contributed by atoms with Crippen LogP contribution in [0.1, 0.15) is 44.5 Å². The van der Waals surface area contributed by atoms with Gasteiger partial charge in [0.15, 0.2) is 0 Å². The Kier molecular flexibility index (Phi) is 8.25. The predicted octanol–water partition coefficient (Wildman–Crippen LogP) is 13.4. The van der Waals surface area contributed by atoms with Gasteiger partial charge >= 0.3 is 347 Å². The summed E-state index contributed by atoms with van der Waals surface area (Å²) < 4.78 is 2.79. The topological polar surface area (TPSA) is 36.8 Å². The minimum absolute atomic E-state index is 0.132. The normalized spacial score (nSPS) is 14.1. The molecule has 0 fully saturated rings. The number of aryl methyl sites for hydroxylation is 1. The number of nitrogens with zero attached hydrogens (tertiary/aromatic N) is 2. The summed E-state index contributed by atoms with van der Waals surface area (Å²) in [5, 5.41) is 12.9. The molecule has 3 nitrogen and oxygen atoms in total. The van der Waals surface area contributed by atoms with Crippen molar-refractivity contribution >= 4 is 45.1 Å². The van der Waals surface area contributed by atoms with Crippen LogP contribution < -0.4 is 5.43 Å². The second-order valence-corrected chi connectivity index (χ2v) is 17.7. The van der Waals surface area contributed by atoms with E-state index in [1.807, 2.05) is 0 Å². The first-order valence-electron chi connectivity index (χ1n) is 20.0. The molecule has 0 bridgehead atoms. The van der Waals surface area contributed by atoms with Crippen molar-refractivity contribution in [3.05, 3.63) is 226 Å². The summed E-state index contributed by atoms with van der Waals surface area (Å²) in [5.74, 6) is 0. The first-order chi connectivity index (χ1) is 28.6. The molecule has 1 aliphatic carbocycles. The van der Waals surface area contributed by atoms with E-state index >= 15 is 0 Å². The zero-order valence-corrected chi connectivity index (χ0v) is 34.0. The van der Waals surface area contributed by atoms with Crippen molar-refractivity contribution in [3.63, 3.8) is 0 Å². The molecule has 8 aromatic carbocycles. The van der Waals surface area contributed by atoms with E-state index < -0.39 is 5.54 Å². The molecule has 1 N–H and O–H groups in total. The summed E-state index contributed by atoms with van der Waals surface area (Å²) >= 11 is 0.132. The van der Waals surface area contributed by atoms with Crippen molar-refractivity contribution in [2.45, 2.75) is 25.8 Å². The Hall–Kier alpha value is -6.58. The van der Waals surface area contributed by atoms with E-state index in [1.165, 1.54) is 86.1 Å². The van der Waals surface area contributed by atoms with Crippen molar-refractivity contribution in [2.24, 2.45) is 10.3 Å². The molecule has 1 aromatic heterocycles. The van der Waals surface area contributed by atoms with Gasteiger partial charge in [-0.1, -0.05) is 0 Å². The number of fused-ring (bicyclic) bond motifs is 6. The van der Waals surface area contributed by atoms with Gasteiger partial charge in [-0.2, -0.15) is 0 Å². The average molecular weight is 809 g/mol. The van der Waals surface area contributed by atoms with Gasteiger partial charge in [0.25, 0.3) is 0 Å². The van der Waals surface area contributed by atoms with Gasteiger partial charge in [0.2, 0.25) is 0 Å². The molecule has 58 heavy (non-hydrogen) atoms. The second kappa shape index (κ2) is 13.8. The number of hydrogen-bond acceptors (Lipinski definition) is 3. The fraction of sp³-hybridized carbons (Fsp3) is 0.0741. The quantitative estimate of drug-likeness (QED) is 0.167. The van der Waals surface area contributed by atoms with Crippen molar-refractivity contribution < 1.29 is 0 Å². The maximum atomic E-state index is 5.34. The van der Waals surface area contributed by atoms with Gasteiger partial charge in [0.05, 0.1) is 0 Å². The fourth-order valence-corrected chi connectivity index (χ4v) is 11.9. The minimum atomic E-state index is -0.912.